The second-order valence-corrected chi connectivity index (χ2v) is 6.59. The molecule has 2 rings (SSSR count). The minimum Gasteiger partial charge on any atom is -0.393 e. The van der Waals surface area contributed by atoms with E-state index >= 15 is 0 Å². The van der Waals surface area contributed by atoms with E-state index in [-0.39, 0.29) is 6.10 Å². The van der Waals surface area contributed by atoms with Crippen LogP contribution in [0.2, 0.25) is 0 Å². The number of aliphatic hydroxyl groups excluding tert-OH is 1. The zero-order valence-corrected chi connectivity index (χ0v) is 13.4. The molecule has 0 bridgehead atoms. The first-order valence-electron chi connectivity index (χ1n) is 8.13. The molecular weight excluding hydrogens is 268 g/mol. The molecule has 5 nitrogen and oxygen atoms in total. The molecule has 2 atom stereocenters. The smallest absolute Gasteiger partial charge is 0.229 e. The second kappa shape index (κ2) is 7.90. The molecule has 0 radical (unpaired) electrons. The van der Waals surface area contributed by atoms with E-state index in [1.165, 1.54) is 32.1 Å². The van der Waals surface area contributed by atoms with Gasteiger partial charge in [0.1, 0.15) is 6.10 Å². The van der Waals surface area contributed by atoms with Crippen LogP contribution in [0.25, 0.3) is 0 Å². The lowest BCUT2D eigenvalue weighted by molar-refractivity contribution is 0.0273. The van der Waals surface area contributed by atoms with Crippen LogP contribution < -0.4 is 0 Å². The molecule has 0 spiro atoms. The standard InChI is InChI=1S/C16H28N2O3/c1-11(2)9-13(19)10-14-17-16(18-21-14)15(20-3)12-7-5-4-6-8-12/h11-13,15,19H,4-10H2,1-3H3. The first-order valence-corrected chi connectivity index (χ1v) is 8.13. The molecule has 1 N–H and O–H groups in total. The van der Waals surface area contributed by atoms with Gasteiger partial charge in [-0.2, -0.15) is 4.98 Å². The van der Waals surface area contributed by atoms with E-state index in [1.54, 1.807) is 7.11 Å². The average molecular weight is 296 g/mol. The fourth-order valence-corrected chi connectivity index (χ4v) is 3.24. The fourth-order valence-electron chi connectivity index (χ4n) is 3.24. The van der Waals surface area contributed by atoms with Gasteiger partial charge in [-0.1, -0.05) is 38.3 Å². The summed E-state index contributed by atoms with van der Waals surface area (Å²) >= 11 is 0. The summed E-state index contributed by atoms with van der Waals surface area (Å²) in [5.74, 6) is 2.08. The van der Waals surface area contributed by atoms with Crippen molar-refractivity contribution in [3.63, 3.8) is 0 Å². The number of rotatable bonds is 7. The second-order valence-electron chi connectivity index (χ2n) is 6.59. The monoisotopic (exact) mass is 296 g/mol. The van der Waals surface area contributed by atoms with Gasteiger partial charge in [-0.25, -0.2) is 0 Å². The molecular formula is C16H28N2O3. The van der Waals surface area contributed by atoms with Crippen LogP contribution in [0, 0.1) is 11.8 Å². The molecule has 0 amide bonds. The maximum Gasteiger partial charge on any atom is 0.229 e. The minimum atomic E-state index is -0.422. The molecule has 1 fully saturated rings. The molecule has 1 heterocycles. The van der Waals surface area contributed by atoms with Crippen molar-refractivity contribution in [3.8, 4) is 0 Å². The predicted molar refractivity (Wildman–Crippen MR) is 79.8 cm³/mol. The summed E-state index contributed by atoms with van der Waals surface area (Å²) in [6.07, 6.45) is 6.81. The third-order valence-corrected chi connectivity index (χ3v) is 4.22. The normalized spacial score (nSPS) is 19.9. The van der Waals surface area contributed by atoms with Crippen LogP contribution in [0.1, 0.15) is 70.2 Å². The van der Waals surface area contributed by atoms with E-state index in [0.29, 0.717) is 30.0 Å². The lowest BCUT2D eigenvalue weighted by Crippen LogP contribution is -2.19. The van der Waals surface area contributed by atoms with Crippen molar-refractivity contribution in [2.75, 3.05) is 7.11 Å². The van der Waals surface area contributed by atoms with Crippen molar-refractivity contribution < 1.29 is 14.4 Å². The SMILES string of the molecule is COC(c1noc(CC(O)CC(C)C)n1)C1CCCCC1. The van der Waals surface area contributed by atoms with E-state index in [1.807, 2.05) is 0 Å². The highest BCUT2D eigenvalue weighted by atomic mass is 16.5. The van der Waals surface area contributed by atoms with Crippen molar-refractivity contribution in [2.45, 2.75) is 71.0 Å². The molecule has 2 unspecified atom stereocenters. The summed E-state index contributed by atoms with van der Waals surface area (Å²) in [5, 5.41) is 14.0. The lowest BCUT2D eigenvalue weighted by atomic mass is 9.85. The summed E-state index contributed by atoms with van der Waals surface area (Å²) in [6.45, 7) is 4.18. The summed E-state index contributed by atoms with van der Waals surface area (Å²) in [7, 11) is 1.71. The summed E-state index contributed by atoms with van der Waals surface area (Å²) in [6, 6.07) is 0. The molecule has 0 saturated heterocycles. The van der Waals surface area contributed by atoms with Gasteiger partial charge in [-0.3, -0.25) is 0 Å². The quantitative estimate of drug-likeness (QED) is 0.836. The van der Waals surface area contributed by atoms with Gasteiger partial charge >= 0.3 is 0 Å². The Bertz CT molecular complexity index is 413. The number of nitrogens with zero attached hydrogens (tertiary/aromatic N) is 2. The minimum absolute atomic E-state index is 0.0787. The van der Waals surface area contributed by atoms with Gasteiger partial charge in [0.25, 0.3) is 0 Å². The number of methoxy groups -OCH3 is 1. The van der Waals surface area contributed by atoms with Crippen LogP contribution in [0.4, 0.5) is 0 Å². The van der Waals surface area contributed by atoms with Crippen molar-refractivity contribution in [1.82, 2.24) is 10.1 Å². The molecule has 21 heavy (non-hydrogen) atoms. The van der Waals surface area contributed by atoms with E-state index < -0.39 is 6.10 Å². The van der Waals surface area contributed by atoms with Gasteiger partial charge in [-0.05, 0) is 31.1 Å². The molecule has 0 aliphatic heterocycles. The summed E-state index contributed by atoms with van der Waals surface area (Å²) in [5.41, 5.74) is 0. The molecule has 120 valence electrons. The van der Waals surface area contributed by atoms with Gasteiger partial charge in [0, 0.05) is 7.11 Å². The largest absolute Gasteiger partial charge is 0.393 e. The zero-order chi connectivity index (χ0) is 15.2. The number of aliphatic hydroxyl groups is 1. The molecule has 1 aliphatic rings. The highest BCUT2D eigenvalue weighted by molar-refractivity contribution is 4.95. The number of aromatic nitrogens is 2. The summed E-state index contributed by atoms with van der Waals surface area (Å²) < 4.78 is 10.9. The number of hydrogen-bond donors (Lipinski definition) is 1. The van der Waals surface area contributed by atoms with Gasteiger partial charge in [-0.15, -0.1) is 0 Å². The van der Waals surface area contributed by atoms with Crippen LogP contribution in [-0.2, 0) is 11.2 Å². The summed E-state index contributed by atoms with van der Waals surface area (Å²) in [4.78, 5) is 4.44. The Labute approximate surface area is 127 Å². The third-order valence-electron chi connectivity index (χ3n) is 4.22. The fraction of sp³-hybridized carbons (Fsp3) is 0.875. The molecule has 1 saturated carbocycles. The highest BCUT2D eigenvalue weighted by Gasteiger charge is 2.29. The van der Waals surface area contributed by atoms with Crippen molar-refractivity contribution in [2.24, 2.45) is 11.8 Å². The average Bonchev–Trinajstić information content (AvgIpc) is 2.88. The Morgan fingerprint density at radius 2 is 2.00 bits per heavy atom. The van der Waals surface area contributed by atoms with Gasteiger partial charge in [0.05, 0.1) is 12.5 Å². The molecule has 0 aromatic carbocycles. The predicted octanol–water partition coefficient (Wildman–Crippen LogP) is 3.29. The van der Waals surface area contributed by atoms with Crippen LogP contribution in [0.15, 0.2) is 4.52 Å². The van der Waals surface area contributed by atoms with E-state index in [0.717, 1.165) is 6.42 Å². The molecule has 1 aliphatic carbocycles. The molecule has 1 aromatic heterocycles. The Morgan fingerprint density at radius 1 is 1.29 bits per heavy atom. The first kappa shape index (κ1) is 16.4. The van der Waals surface area contributed by atoms with Gasteiger partial charge in [0.15, 0.2) is 0 Å². The van der Waals surface area contributed by atoms with Crippen LogP contribution in [0.3, 0.4) is 0 Å². The lowest BCUT2D eigenvalue weighted by Gasteiger charge is -2.26. The van der Waals surface area contributed by atoms with Gasteiger partial charge in [0.2, 0.25) is 11.7 Å². The zero-order valence-electron chi connectivity index (χ0n) is 13.4. The van der Waals surface area contributed by atoms with Crippen molar-refractivity contribution >= 4 is 0 Å². The van der Waals surface area contributed by atoms with E-state index in [2.05, 4.69) is 24.0 Å². The molecule has 1 aromatic rings. The number of hydrogen-bond acceptors (Lipinski definition) is 5. The maximum atomic E-state index is 9.97. The molecule has 5 heteroatoms. The Hall–Kier alpha value is -0.940. The first-order chi connectivity index (χ1) is 10.1. The highest BCUT2D eigenvalue weighted by Crippen LogP contribution is 2.35. The Balaban J connectivity index is 1.96. The number of ether oxygens (including phenoxy) is 1. The third kappa shape index (κ3) is 4.78. The Kier molecular flexibility index (Phi) is 6.18. The van der Waals surface area contributed by atoms with E-state index in [9.17, 15) is 5.11 Å². The van der Waals surface area contributed by atoms with Crippen molar-refractivity contribution in [3.05, 3.63) is 11.7 Å². The van der Waals surface area contributed by atoms with Crippen LogP contribution in [0.5, 0.6) is 0 Å². The van der Waals surface area contributed by atoms with Crippen molar-refractivity contribution in [1.29, 1.82) is 0 Å². The van der Waals surface area contributed by atoms with Crippen LogP contribution in [-0.4, -0.2) is 28.5 Å². The van der Waals surface area contributed by atoms with E-state index in [4.69, 9.17) is 9.26 Å². The van der Waals surface area contributed by atoms with Gasteiger partial charge < -0.3 is 14.4 Å². The Morgan fingerprint density at radius 3 is 2.62 bits per heavy atom. The van der Waals surface area contributed by atoms with Crippen LogP contribution >= 0.6 is 0 Å². The topological polar surface area (TPSA) is 68.4 Å². The maximum absolute atomic E-state index is 9.97.